The molecule has 1 heterocycles. The summed E-state index contributed by atoms with van der Waals surface area (Å²) in [5.41, 5.74) is 1.01. The van der Waals surface area contributed by atoms with Gasteiger partial charge >= 0.3 is 0 Å². The Labute approximate surface area is 126 Å². The first kappa shape index (κ1) is 15.2. The second kappa shape index (κ2) is 7.58. The molecule has 0 spiro atoms. The van der Waals surface area contributed by atoms with Crippen molar-refractivity contribution in [2.75, 3.05) is 5.75 Å². The molecular formula is C14H16N4O2S. The van der Waals surface area contributed by atoms with Crippen molar-refractivity contribution in [2.45, 2.75) is 24.5 Å². The lowest BCUT2D eigenvalue weighted by atomic mass is 10.0. The van der Waals surface area contributed by atoms with Crippen molar-refractivity contribution in [3.63, 3.8) is 0 Å². The molecule has 0 fully saturated rings. The van der Waals surface area contributed by atoms with Crippen LogP contribution in [0.3, 0.4) is 0 Å². The fraction of sp³-hybridized carbons (Fsp3) is 0.286. The lowest BCUT2D eigenvalue weighted by molar-refractivity contribution is -0.125. The van der Waals surface area contributed by atoms with Crippen molar-refractivity contribution in [2.24, 2.45) is 0 Å². The average Bonchev–Trinajstić information content (AvgIpc) is 2.99. The Bertz CT molecular complexity index is 586. The van der Waals surface area contributed by atoms with E-state index >= 15 is 0 Å². The highest BCUT2D eigenvalue weighted by molar-refractivity contribution is 7.99. The Kier molecular flexibility index (Phi) is 5.51. The minimum absolute atomic E-state index is 0.0585. The fourth-order valence-corrected chi connectivity index (χ4v) is 2.37. The highest BCUT2D eigenvalue weighted by Gasteiger charge is 2.17. The second-order valence-electron chi connectivity index (χ2n) is 4.50. The fourth-order valence-electron chi connectivity index (χ4n) is 1.78. The quantitative estimate of drug-likeness (QED) is 0.751. The smallest absolute Gasteiger partial charge is 0.231 e. The number of rotatable bonds is 7. The molecule has 0 saturated carbocycles. The molecular weight excluding hydrogens is 288 g/mol. The number of nitrogens with one attached hydrogen (secondary N) is 2. The van der Waals surface area contributed by atoms with Crippen LogP contribution >= 0.6 is 11.8 Å². The maximum Gasteiger partial charge on any atom is 0.231 e. The summed E-state index contributed by atoms with van der Waals surface area (Å²) < 4.78 is 0. The monoisotopic (exact) mass is 304 g/mol. The van der Waals surface area contributed by atoms with Gasteiger partial charge in [0.05, 0.1) is 11.8 Å². The number of aromatic nitrogens is 3. The molecule has 0 saturated heterocycles. The highest BCUT2D eigenvalue weighted by Crippen LogP contribution is 2.10. The summed E-state index contributed by atoms with van der Waals surface area (Å²) >= 11 is 1.24. The molecule has 7 heteroatoms. The lowest BCUT2D eigenvalue weighted by Gasteiger charge is -2.15. The van der Waals surface area contributed by atoms with Gasteiger partial charge in [-0.15, -0.1) is 0 Å². The van der Waals surface area contributed by atoms with Crippen LogP contribution in [0.15, 0.2) is 41.8 Å². The van der Waals surface area contributed by atoms with Crippen LogP contribution in [0.25, 0.3) is 0 Å². The number of carbonyl (C=O) groups is 2. The molecule has 1 aromatic heterocycles. The van der Waals surface area contributed by atoms with E-state index in [-0.39, 0.29) is 17.4 Å². The highest BCUT2D eigenvalue weighted by atomic mass is 32.2. The third-order valence-corrected chi connectivity index (χ3v) is 3.72. The van der Waals surface area contributed by atoms with Crippen molar-refractivity contribution in [3.05, 3.63) is 42.2 Å². The van der Waals surface area contributed by atoms with Crippen LogP contribution in [0.2, 0.25) is 0 Å². The van der Waals surface area contributed by atoms with Gasteiger partial charge in [-0.1, -0.05) is 42.1 Å². The number of amides is 1. The number of thioether (sulfide) groups is 1. The molecule has 2 aromatic rings. The number of Topliss-reactive ketones (excluding diaryl/α,β-unsaturated/α-hetero) is 1. The number of hydrogen-bond acceptors (Lipinski definition) is 5. The Balaban J connectivity index is 1.87. The van der Waals surface area contributed by atoms with Gasteiger partial charge in [0.15, 0.2) is 10.9 Å². The lowest BCUT2D eigenvalue weighted by Crippen LogP contribution is -2.42. The van der Waals surface area contributed by atoms with Crippen molar-refractivity contribution < 1.29 is 9.59 Å². The number of nitrogens with zero attached hydrogens (tertiary/aromatic N) is 2. The normalized spacial score (nSPS) is 11.9. The van der Waals surface area contributed by atoms with Gasteiger partial charge < -0.3 is 5.32 Å². The van der Waals surface area contributed by atoms with Crippen molar-refractivity contribution >= 4 is 23.5 Å². The van der Waals surface area contributed by atoms with Gasteiger partial charge in [-0.25, -0.2) is 4.98 Å². The Morgan fingerprint density at radius 1 is 1.33 bits per heavy atom. The van der Waals surface area contributed by atoms with E-state index in [0.29, 0.717) is 11.6 Å². The molecule has 1 atom stereocenters. The summed E-state index contributed by atoms with van der Waals surface area (Å²) in [4.78, 5) is 27.5. The Hall–Kier alpha value is -2.15. The van der Waals surface area contributed by atoms with Gasteiger partial charge in [0.1, 0.15) is 6.33 Å². The summed E-state index contributed by atoms with van der Waals surface area (Å²) in [6.45, 7) is 1.48. The van der Waals surface area contributed by atoms with Gasteiger partial charge in [-0.2, -0.15) is 5.10 Å². The largest absolute Gasteiger partial charge is 0.345 e. The first-order valence-corrected chi connectivity index (χ1v) is 7.45. The molecule has 110 valence electrons. The topological polar surface area (TPSA) is 87.7 Å². The molecule has 6 nitrogen and oxygen atoms in total. The molecule has 0 aliphatic heterocycles. The summed E-state index contributed by atoms with van der Waals surface area (Å²) in [6, 6.07) is 9.10. The minimum atomic E-state index is -0.504. The van der Waals surface area contributed by atoms with Crippen molar-refractivity contribution in [1.82, 2.24) is 20.5 Å². The maximum atomic E-state index is 11.9. The van der Waals surface area contributed by atoms with Crippen LogP contribution in [0.1, 0.15) is 12.5 Å². The molecule has 2 rings (SSSR count). The van der Waals surface area contributed by atoms with Crippen LogP contribution in [0, 0.1) is 0 Å². The molecule has 1 amide bonds. The van der Waals surface area contributed by atoms with E-state index < -0.39 is 6.04 Å². The number of carbonyl (C=O) groups excluding carboxylic acids is 2. The van der Waals surface area contributed by atoms with Crippen LogP contribution in [-0.4, -0.2) is 38.7 Å². The number of aromatic amines is 1. The van der Waals surface area contributed by atoms with Gasteiger partial charge in [0.25, 0.3) is 0 Å². The third kappa shape index (κ3) is 5.03. The zero-order valence-corrected chi connectivity index (χ0v) is 12.4. The summed E-state index contributed by atoms with van der Waals surface area (Å²) in [5, 5.41) is 9.70. The van der Waals surface area contributed by atoms with E-state index in [0.717, 1.165) is 5.56 Å². The molecule has 0 radical (unpaired) electrons. The summed E-state index contributed by atoms with van der Waals surface area (Å²) in [7, 11) is 0. The van der Waals surface area contributed by atoms with Gasteiger partial charge in [0, 0.05) is 0 Å². The predicted molar refractivity (Wildman–Crippen MR) is 79.9 cm³/mol. The van der Waals surface area contributed by atoms with Crippen LogP contribution < -0.4 is 5.32 Å². The number of hydrogen-bond donors (Lipinski definition) is 2. The van der Waals surface area contributed by atoms with E-state index in [1.807, 2.05) is 30.3 Å². The summed E-state index contributed by atoms with van der Waals surface area (Å²) in [5.74, 6) is -0.0716. The minimum Gasteiger partial charge on any atom is -0.345 e. The van der Waals surface area contributed by atoms with E-state index in [4.69, 9.17) is 0 Å². The van der Waals surface area contributed by atoms with Crippen molar-refractivity contribution in [1.29, 1.82) is 0 Å². The third-order valence-electron chi connectivity index (χ3n) is 2.84. The molecule has 0 aliphatic carbocycles. The molecule has 0 aliphatic rings. The number of H-pyrrole nitrogens is 1. The Morgan fingerprint density at radius 2 is 2.10 bits per heavy atom. The van der Waals surface area contributed by atoms with Gasteiger partial charge in [-0.05, 0) is 18.9 Å². The number of ketones is 1. The van der Waals surface area contributed by atoms with E-state index in [1.165, 1.54) is 25.0 Å². The van der Waals surface area contributed by atoms with Gasteiger partial charge in [0.2, 0.25) is 5.91 Å². The van der Waals surface area contributed by atoms with E-state index in [1.54, 1.807) is 0 Å². The SMILES string of the molecule is CC(=O)[C@@H](Cc1ccccc1)NC(=O)CSc1ncn[nH]1. The zero-order chi connectivity index (χ0) is 15.1. The molecule has 0 bridgehead atoms. The second-order valence-corrected chi connectivity index (χ2v) is 5.46. The molecule has 1 aromatic carbocycles. The zero-order valence-electron chi connectivity index (χ0n) is 11.6. The summed E-state index contributed by atoms with van der Waals surface area (Å²) in [6.07, 6.45) is 1.88. The van der Waals surface area contributed by atoms with E-state index in [2.05, 4.69) is 20.5 Å². The first-order chi connectivity index (χ1) is 10.1. The van der Waals surface area contributed by atoms with Crippen LogP contribution in [0.5, 0.6) is 0 Å². The average molecular weight is 304 g/mol. The first-order valence-electron chi connectivity index (χ1n) is 6.47. The molecule has 2 N–H and O–H groups in total. The van der Waals surface area contributed by atoms with E-state index in [9.17, 15) is 9.59 Å². The predicted octanol–water partition coefficient (Wildman–Crippen LogP) is 1.21. The Morgan fingerprint density at radius 3 is 2.71 bits per heavy atom. The maximum absolute atomic E-state index is 11.9. The van der Waals surface area contributed by atoms with Crippen LogP contribution in [0.4, 0.5) is 0 Å². The molecule has 0 unspecified atom stereocenters. The van der Waals surface area contributed by atoms with Crippen LogP contribution in [-0.2, 0) is 16.0 Å². The molecule has 21 heavy (non-hydrogen) atoms. The van der Waals surface area contributed by atoms with Crippen molar-refractivity contribution in [3.8, 4) is 0 Å². The number of benzene rings is 1. The van der Waals surface area contributed by atoms with Gasteiger partial charge in [-0.3, -0.25) is 14.7 Å². The standard InChI is InChI=1S/C14H16N4O2S/c1-10(19)12(7-11-5-3-2-4-6-11)17-13(20)8-21-14-15-9-16-18-14/h2-6,9,12H,7-8H2,1H3,(H,17,20)(H,15,16,18)/t12-/m1/s1.